The SMILES string of the molecule is O=C(c1cc(F)c(Br)cc1Cl)N1CCN(CC(F)(F)F)CC1. The van der Waals surface area contributed by atoms with Crippen molar-refractivity contribution in [3.8, 4) is 0 Å². The standard InChI is InChI=1S/C13H12BrClF4N2O/c14-9-6-10(15)8(5-11(9)16)12(22)21-3-1-20(2-4-21)7-13(17,18)19/h5-6H,1-4,7H2. The van der Waals surface area contributed by atoms with Gasteiger partial charge in [-0.2, -0.15) is 13.2 Å². The third kappa shape index (κ3) is 4.33. The molecule has 2 rings (SSSR count). The Labute approximate surface area is 137 Å². The predicted molar refractivity (Wildman–Crippen MR) is 77.5 cm³/mol. The van der Waals surface area contributed by atoms with Crippen molar-refractivity contribution in [2.45, 2.75) is 6.18 Å². The van der Waals surface area contributed by atoms with E-state index in [1.807, 2.05) is 0 Å². The predicted octanol–water partition coefficient (Wildman–Crippen LogP) is 3.56. The zero-order chi connectivity index (χ0) is 16.5. The van der Waals surface area contributed by atoms with Crippen LogP contribution >= 0.6 is 27.5 Å². The van der Waals surface area contributed by atoms with E-state index < -0.39 is 24.4 Å². The minimum absolute atomic E-state index is 0.00615. The number of carbonyl (C=O) groups excluding carboxylic acids is 1. The molecule has 0 radical (unpaired) electrons. The van der Waals surface area contributed by atoms with Crippen molar-refractivity contribution in [2.75, 3.05) is 32.7 Å². The van der Waals surface area contributed by atoms with Crippen molar-refractivity contribution in [3.63, 3.8) is 0 Å². The molecule has 0 bridgehead atoms. The number of hydrogen-bond donors (Lipinski definition) is 0. The Kier molecular flexibility index (Phi) is 5.34. The summed E-state index contributed by atoms with van der Waals surface area (Å²) < 4.78 is 50.6. The lowest BCUT2D eigenvalue weighted by molar-refractivity contribution is -0.148. The highest BCUT2D eigenvalue weighted by Gasteiger charge is 2.33. The summed E-state index contributed by atoms with van der Waals surface area (Å²) in [5, 5.41) is 0.0935. The Morgan fingerprint density at radius 2 is 1.82 bits per heavy atom. The fourth-order valence-electron chi connectivity index (χ4n) is 2.22. The Hall–Kier alpha value is -0.860. The van der Waals surface area contributed by atoms with Gasteiger partial charge in [-0.05, 0) is 28.1 Å². The molecule has 9 heteroatoms. The quantitative estimate of drug-likeness (QED) is 0.557. The number of rotatable bonds is 2. The van der Waals surface area contributed by atoms with Crippen LogP contribution in [0.15, 0.2) is 16.6 Å². The molecular weight excluding hydrogens is 392 g/mol. The second-order valence-corrected chi connectivity index (χ2v) is 6.19. The number of halogens is 6. The summed E-state index contributed by atoms with van der Waals surface area (Å²) in [6, 6.07) is 2.31. The largest absolute Gasteiger partial charge is 0.401 e. The van der Waals surface area contributed by atoms with Gasteiger partial charge in [0.15, 0.2) is 0 Å². The summed E-state index contributed by atoms with van der Waals surface area (Å²) in [5.41, 5.74) is 0.00615. The first-order valence-electron chi connectivity index (χ1n) is 6.40. The van der Waals surface area contributed by atoms with Crippen LogP contribution in [0.5, 0.6) is 0 Å². The molecule has 1 aromatic rings. The van der Waals surface area contributed by atoms with Gasteiger partial charge in [-0.15, -0.1) is 0 Å². The van der Waals surface area contributed by atoms with Gasteiger partial charge in [0.1, 0.15) is 5.82 Å². The van der Waals surface area contributed by atoms with Crippen molar-refractivity contribution in [3.05, 3.63) is 33.0 Å². The van der Waals surface area contributed by atoms with Crippen LogP contribution in [0, 0.1) is 5.82 Å². The van der Waals surface area contributed by atoms with Gasteiger partial charge in [-0.1, -0.05) is 11.6 Å². The minimum Gasteiger partial charge on any atom is -0.336 e. The Bertz CT molecular complexity index is 574. The molecule has 0 aliphatic carbocycles. The highest BCUT2D eigenvalue weighted by Crippen LogP contribution is 2.26. The number of amides is 1. The highest BCUT2D eigenvalue weighted by atomic mass is 79.9. The van der Waals surface area contributed by atoms with Gasteiger partial charge in [0, 0.05) is 26.2 Å². The van der Waals surface area contributed by atoms with Crippen LogP contribution in [0.3, 0.4) is 0 Å². The minimum atomic E-state index is -4.26. The molecule has 3 nitrogen and oxygen atoms in total. The molecule has 122 valence electrons. The normalized spacial score (nSPS) is 16.9. The number of hydrogen-bond acceptors (Lipinski definition) is 2. The monoisotopic (exact) mass is 402 g/mol. The van der Waals surface area contributed by atoms with Crippen LogP contribution in [-0.2, 0) is 0 Å². The van der Waals surface area contributed by atoms with E-state index in [-0.39, 0.29) is 41.2 Å². The van der Waals surface area contributed by atoms with E-state index in [9.17, 15) is 22.4 Å². The van der Waals surface area contributed by atoms with Crippen LogP contribution in [-0.4, -0.2) is 54.6 Å². The maximum Gasteiger partial charge on any atom is 0.401 e. The molecule has 1 amide bonds. The molecular formula is C13H12BrClF4N2O. The third-order valence-corrected chi connectivity index (χ3v) is 4.22. The zero-order valence-electron chi connectivity index (χ0n) is 11.3. The van der Waals surface area contributed by atoms with E-state index in [1.165, 1.54) is 15.9 Å². The van der Waals surface area contributed by atoms with Crippen LogP contribution in [0.2, 0.25) is 5.02 Å². The number of piperazine rings is 1. The molecule has 1 aliphatic heterocycles. The molecule has 1 aliphatic rings. The lowest BCUT2D eigenvalue weighted by atomic mass is 10.1. The first-order valence-corrected chi connectivity index (χ1v) is 7.57. The number of alkyl halides is 3. The maximum absolute atomic E-state index is 13.5. The maximum atomic E-state index is 13.5. The van der Waals surface area contributed by atoms with Crippen molar-refractivity contribution < 1.29 is 22.4 Å². The Balaban J connectivity index is 2.03. The van der Waals surface area contributed by atoms with E-state index in [4.69, 9.17) is 11.6 Å². The summed E-state index contributed by atoms with van der Waals surface area (Å²) >= 11 is 8.89. The summed E-state index contributed by atoms with van der Waals surface area (Å²) in [5.74, 6) is -1.11. The average molecular weight is 404 g/mol. The lowest BCUT2D eigenvalue weighted by Gasteiger charge is -2.35. The Morgan fingerprint density at radius 3 is 2.36 bits per heavy atom. The van der Waals surface area contributed by atoms with E-state index in [2.05, 4.69) is 15.9 Å². The van der Waals surface area contributed by atoms with Crippen LogP contribution in [0.4, 0.5) is 17.6 Å². The van der Waals surface area contributed by atoms with E-state index in [0.29, 0.717) is 0 Å². The van der Waals surface area contributed by atoms with E-state index in [1.54, 1.807) is 0 Å². The van der Waals surface area contributed by atoms with Crippen LogP contribution in [0.25, 0.3) is 0 Å². The number of benzene rings is 1. The highest BCUT2D eigenvalue weighted by molar-refractivity contribution is 9.10. The van der Waals surface area contributed by atoms with Gasteiger partial charge in [0.2, 0.25) is 0 Å². The van der Waals surface area contributed by atoms with Gasteiger partial charge >= 0.3 is 6.18 Å². The smallest absolute Gasteiger partial charge is 0.336 e. The lowest BCUT2D eigenvalue weighted by Crippen LogP contribution is -2.51. The summed E-state index contributed by atoms with van der Waals surface area (Å²) in [4.78, 5) is 14.9. The number of nitrogens with zero attached hydrogens (tertiary/aromatic N) is 2. The fraction of sp³-hybridized carbons (Fsp3) is 0.462. The Morgan fingerprint density at radius 1 is 1.23 bits per heavy atom. The van der Waals surface area contributed by atoms with Gasteiger partial charge in [0.25, 0.3) is 5.91 Å². The molecule has 0 atom stereocenters. The van der Waals surface area contributed by atoms with Crippen molar-refractivity contribution in [1.82, 2.24) is 9.80 Å². The topological polar surface area (TPSA) is 23.6 Å². The van der Waals surface area contributed by atoms with Crippen LogP contribution < -0.4 is 0 Å². The molecule has 0 aromatic heterocycles. The third-order valence-electron chi connectivity index (χ3n) is 3.30. The average Bonchev–Trinajstić information content (AvgIpc) is 2.41. The molecule has 0 N–H and O–H groups in total. The van der Waals surface area contributed by atoms with Crippen molar-refractivity contribution in [2.24, 2.45) is 0 Å². The van der Waals surface area contributed by atoms with Crippen LogP contribution in [0.1, 0.15) is 10.4 Å². The van der Waals surface area contributed by atoms with Crippen molar-refractivity contribution >= 4 is 33.4 Å². The summed E-state index contributed by atoms with van der Waals surface area (Å²) in [6.07, 6.45) is -4.26. The van der Waals surface area contributed by atoms with Gasteiger partial charge in [0.05, 0.1) is 21.6 Å². The van der Waals surface area contributed by atoms with E-state index in [0.717, 1.165) is 6.07 Å². The number of carbonyl (C=O) groups is 1. The van der Waals surface area contributed by atoms with E-state index >= 15 is 0 Å². The second kappa shape index (κ2) is 6.72. The van der Waals surface area contributed by atoms with Gasteiger partial charge < -0.3 is 4.90 Å². The zero-order valence-corrected chi connectivity index (χ0v) is 13.6. The molecule has 0 saturated carbocycles. The molecule has 0 spiro atoms. The van der Waals surface area contributed by atoms with Gasteiger partial charge in [-0.25, -0.2) is 4.39 Å². The first kappa shape index (κ1) is 17.5. The molecule has 1 saturated heterocycles. The van der Waals surface area contributed by atoms with Crippen molar-refractivity contribution in [1.29, 1.82) is 0 Å². The second-order valence-electron chi connectivity index (χ2n) is 4.93. The molecule has 1 aromatic carbocycles. The first-order chi connectivity index (χ1) is 10.2. The fourth-order valence-corrected chi connectivity index (χ4v) is 2.94. The molecule has 1 heterocycles. The molecule has 22 heavy (non-hydrogen) atoms. The molecule has 1 fully saturated rings. The molecule has 0 unspecified atom stereocenters. The summed E-state index contributed by atoms with van der Waals surface area (Å²) in [7, 11) is 0. The van der Waals surface area contributed by atoms with Gasteiger partial charge in [-0.3, -0.25) is 9.69 Å². The summed E-state index contributed by atoms with van der Waals surface area (Å²) in [6.45, 7) is -0.488.